The Morgan fingerprint density at radius 2 is 2.04 bits per heavy atom. The largest absolute Gasteiger partial charge is 0.378 e. The molecular weight excluding hydrogens is 354 g/mol. The van der Waals surface area contributed by atoms with E-state index < -0.39 is 0 Å². The summed E-state index contributed by atoms with van der Waals surface area (Å²) >= 11 is 3.06. The lowest BCUT2D eigenvalue weighted by molar-refractivity contribution is 0.0994. The number of hydrogen-bond donors (Lipinski definition) is 0. The molecule has 2 heterocycles. The third kappa shape index (κ3) is 3.73. The Labute approximate surface area is 155 Å². The van der Waals surface area contributed by atoms with Gasteiger partial charge in [0, 0.05) is 18.7 Å². The molecule has 1 atom stereocenters. The third-order valence-electron chi connectivity index (χ3n) is 4.71. The third-order valence-corrected chi connectivity index (χ3v) is 6.88. The molecular formula is C18H21N3O2S2. The Morgan fingerprint density at radius 1 is 1.24 bits per heavy atom. The van der Waals surface area contributed by atoms with Crippen molar-refractivity contribution in [2.45, 2.75) is 35.8 Å². The maximum absolute atomic E-state index is 12.8. The van der Waals surface area contributed by atoms with Gasteiger partial charge in [-0.15, -0.1) is 10.2 Å². The SMILES string of the molecule is C[C@H](Sc1nnc(N2CCOCC2)s1)C(=O)c1ccc2c(c1)CCC2. The quantitative estimate of drug-likeness (QED) is 0.591. The number of ketones is 1. The van der Waals surface area contributed by atoms with Gasteiger partial charge in [-0.25, -0.2) is 0 Å². The smallest absolute Gasteiger partial charge is 0.209 e. The van der Waals surface area contributed by atoms with Gasteiger partial charge in [-0.3, -0.25) is 4.79 Å². The van der Waals surface area contributed by atoms with Crippen LogP contribution in [0.2, 0.25) is 0 Å². The van der Waals surface area contributed by atoms with E-state index in [-0.39, 0.29) is 11.0 Å². The Bertz CT molecular complexity index is 771. The normalized spacial score (nSPS) is 18.2. The minimum atomic E-state index is -0.162. The van der Waals surface area contributed by atoms with E-state index in [9.17, 15) is 4.79 Å². The average Bonchev–Trinajstić information content (AvgIpc) is 3.30. The number of rotatable bonds is 5. The molecule has 0 unspecified atom stereocenters. The van der Waals surface area contributed by atoms with E-state index in [2.05, 4.69) is 27.2 Å². The molecule has 132 valence electrons. The number of aromatic nitrogens is 2. The number of thioether (sulfide) groups is 1. The van der Waals surface area contributed by atoms with E-state index in [0.717, 1.165) is 54.2 Å². The van der Waals surface area contributed by atoms with Crippen LogP contribution in [0.4, 0.5) is 5.13 Å². The van der Waals surface area contributed by atoms with Crippen LogP contribution >= 0.6 is 23.1 Å². The summed E-state index contributed by atoms with van der Waals surface area (Å²) in [4.78, 5) is 15.0. The Hall–Kier alpha value is -1.44. The summed E-state index contributed by atoms with van der Waals surface area (Å²) in [6.07, 6.45) is 3.44. The monoisotopic (exact) mass is 375 g/mol. The van der Waals surface area contributed by atoms with Crippen LogP contribution in [-0.4, -0.2) is 47.5 Å². The first-order valence-electron chi connectivity index (χ1n) is 8.69. The summed E-state index contributed by atoms with van der Waals surface area (Å²) < 4.78 is 6.22. The molecule has 2 aliphatic rings. The number of carbonyl (C=O) groups excluding carboxylic acids is 1. The number of nitrogens with zero attached hydrogens (tertiary/aromatic N) is 3. The molecule has 0 radical (unpaired) electrons. The van der Waals surface area contributed by atoms with Crippen molar-refractivity contribution in [3.63, 3.8) is 0 Å². The summed E-state index contributed by atoms with van der Waals surface area (Å²) in [5, 5.41) is 9.30. The van der Waals surface area contributed by atoms with Crippen molar-refractivity contribution in [1.82, 2.24) is 10.2 Å². The number of aryl methyl sites for hydroxylation is 2. The molecule has 1 aliphatic heterocycles. The van der Waals surface area contributed by atoms with E-state index in [1.165, 1.54) is 29.3 Å². The zero-order valence-corrected chi connectivity index (χ0v) is 15.9. The second-order valence-corrected chi connectivity index (χ2v) is 8.96. The predicted octanol–water partition coefficient (Wildman–Crippen LogP) is 3.23. The van der Waals surface area contributed by atoms with Crippen LogP contribution in [0.1, 0.15) is 34.8 Å². The van der Waals surface area contributed by atoms with Crippen molar-refractivity contribution >= 4 is 34.0 Å². The molecule has 7 heteroatoms. The van der Waals surface area contributed by atoms with Gasteiger partial charge in [0.2, 0.25) is 5.13 Å². The van der Waals surface area contributed by atoms with Crippen LogP contribution in [0.25, 0.3) is 0 Å². The predicted molar refractivity (Wildman–Crippen MR) is 101 cm³/mol. The summed E-state index contributed by atoms with van der Waals surface area (Å²) in [5.41, 5.74) is 3.56. The van der Waals surface area contributed by atoms with Gasteiger partial charge in [0.05, 0.1) is 18.5 Å². The van der Waals surface area contributed by atoms with Crippen LogP contribution in [0, 0.1) is 0 Å². The number of hydrogen-bond acceptors (Lipinski definition) is 7. The Balaban J connectivity index is 1.42. The highest BCUT2D eigenvalue weighted by Crippen LogP contribution is 2.33. The molecule has 25 heavy (non-hydrogen) atoms. The Kier molecular flexibility index (Phi) is 5.05. The number of anilines is 1. The van der Waals surface area contributed by atoms with E-state index in [4.69, 9.17) is 4.74 Å². The molecule has 0 saturated carbocycles. The lowest BCUT2D eigenvalue weighted by Gasteiger charge is -2.25. The first-order chi connectivity index (χ1) is 12.2. The molecule has 1 saturated heterocycles. The number of Topliss-reactive ketones (excluding diaryl/α,β-unsaturated/α-hetero) is 1. The summed E-state index contributed by atoms with van der Waals surface area (Å²) in [6.45, 7) is 5.12. The minimum absolute atomic E-state index is 0.162. The minimum Gasteiger partial charge on any atom is -0.378 e. The highest BCUT2D eigenvalue weighted by atomic mass is 32.2. The first-order valence-corrected chi connectivity index (χ1v) is 10.4. The molecule has 4 rings (SSSR count). The second-order valence-electron chi connectivity index (χ2n) is 6.41. The molecule has 0 amide bonds. The Morgan fingerprint density at radius 3 is 2.88 bits per heavy atom. The van der Waals surface area contributed by atoms with Crippen molar-refractivity contribution in [3.05, 3.63) is 34.9 Å². The van der Waals surface area contributed by atoms with Crippen LogP contribution in [-0.2, 0) is 17.6 Å². The van der Waals surface area contributed by atoms with E-state index in [1.54, 1.807) is 11.3 Å². The number of ether oxygens (including phenoxy) is 1. The zero-order chi connectivity index (χ0) is 17.2. The van der Waals surface area contributed by atoms with Crippen molar-refractivity contribution < 1.29 is 9.53 Å². The van der Waals surface area contributed by atoms with E-state index in [1.807, 2.05) is 13.0 Å². The molecule has 0 N–H and O–H groups in total. The number of fused-ring (bicyclic) bond motifs is 1. The van der Waals surface area contributed by atoms with Crippen molar-refractivity contribution in [2.24, 2.45) is 0 Å². The maximum Gasteiger partial charge on any atom is 0.209 e. The van der Waals surface area contributed by atoms with Gasteiger partial charge in [-0.1, -0.05) is 35.2 Å². The van der Waals surface area contributed by atoms with Gasteiger partial charge in [-0.05, 0) is 43.4 Å². The number of carbonyl (C=O) groups is 1. The van der Waals surface area contributed by atoms with Gasteiger partial charge in [0.1, 0.15) is 0 Å². The van der Waals surface area contributed by atoms with Gasteiger partial charge < -0.3 is 9.64 Å². The lowest BCUT2D eigenvalue weighted by atomic mass is 10.0. The molecule has 1 aliphatic carbocycles. The zero-order valence-electron chi connectivity index (χ0n) is 14.2. The average molecular weight is 376 g/mol. The summed E-state index contributed by atoms with van der Waals surface area (Å²) in [6, 6.07) is 6.18. The highest BCUT2D eigenvalue weighted by Gasteiger charge is 2.22. The molecule has 1 aromatic carbocycles. The van der Waals surface area contributed by atoms with Crippen LogP contribution in [0.5, 0.6) is 0 Å². The van der Waals surface area contributed by atoms with Crippen LogP contribution < -0.4 is 4.90 Å². The fourth-order valence-electron chi connectivity index (χ4n) is 3.30. The lowest BCUT2D eigenvalue weighted by Crippen LogP contribution is -2.36. The molecule has 0 spiro atoms. The van der Waals surface area contributed by atoms with E-state index >= 15 is 0 Å². The molecule has 0 bridgehead atoms. The fraction of sp³-hybridized carbons (Fsp3) is 0.500. The molecule has 2 aromatic rings. The molecule has 1 aromatic heterocycles. The van der Waals surface area contributed by atoms with Crippen LogP contribution in [0.3, 0.4) is 0 Å². The van der Waals surface area contributed by atoms with Gasteiger partial charge >= 0.3 is 0 Å². The van der Waals surface area contributed by atoms with Gasteiger partial charge in [0.15, 0.2) is 10.1 Å². The molecule has 1 fully saturated rings. The second kappa shape index (κ2) is 7.43. The standard InChI is InChI=1S/C18H21N3O2S2/c1-12(16(22)15-6-5-13-3-2-4-14(13)11-15)24-18-20-19-17(25-18)21-7-9-23-10-8-21/h5-6,11-12H,2-4,7-10H2,1H3/t12-/m0/s1. The van der Waals surface area contributed by atoms with E-state index in [0.29, 0.717) is 0 Å². The number of morpholine rings is 1. The maximum atomic E-state index is 12.8. The summed E-state index contributed by atoms with van der Waals surface area (Å²) in [7, 11) is 0. The van der Waals surface area contributed by atoms with Crippen molar-refractivity contribution in [3.8, 4) is 0 Å². The highest BCUT2D eigenvalue weighted by molar-refractivity contribution is 8.02. The summed E-state index contributed by atoms with van der Waals surface area (Å²) in [5.74, 6) is 0.169. The fourth-order valence-corrected chi connectivity index (χ4v) is 5.41. The van der Waals surface area contributed by atoms with Crippen molar-refractivity contribution in [2.75, 3.05) is 31.2 Å². The first kappa shape index (κ1) is 17.0. The van der Waals surface area contributed by atoms with Gasteiger partial charge in [0.25, 0.3) is 0 Å². The molecule has 5 nitrogen and oxygen atoms in total. The van der Waals surface area contributed by atoms with Gasteiger partial charge in [-0.2, -0.15) is 0 Å². The number of benzene rings is 1. The topological polar surface area (TPSA) is 55.3 Å². The van der Waals surface area contributed by atoms with Crippen molar-refractivity contribution in [1.29, 1.82) is 0 Å². The van der Waals surface area contributed by atoms with Crippen LogP contribution in [0.15, 0.2) is 22.5 Å².